The molecule has 3 aromatic carbocycles. The van der Waals surface area contributed by atoms with Crippen LogP contribution in [0.15, 0.2) is 48.5 Å². The Labute approximate surface area is 253 Å². The van der Waals surface area contributed by atoms with E-state index < -0.39 is 51.2 Å². The van der Waals surface area contributed by atoms with Gasteiger partial charge >= 0.3 is 0 Å². The molecular formula is C27H20Cl5F2N3O3. The maximum Gasteiger partial charge on any atom is 0.257 e. The van der Waals surface area contributed by atoms with Crippen LogP contribution in [0.2, 0.25) is 15.1 Å². The minimum absolute atomic E-state index is 0.00127. The number of hydrogen-bond donors (Lipinski definition) is 3. The molecule has 0 aliphatic heterocycles. The standard InChI is InChI=1S/C27H20Cl5F2N3O3/c1-2-3-20(38)37-24-18(33)8-9-19(23(24)34)36-25(39)14-11-13(5-7-15(14)28)35-26(40)22-21(27(22,31)32)12-4-6-16(29)17(30)10-12/h4-11,21-22H,2-3H2,1H3,(H,35,40)(H,36,39)(H,37,38)/t21-,22?/m0/s1. The molecular weight excluding hydrogens is 630 g/mol. The predicted octanol–water partition coefficient (Wildman–Crippen LogP) is 8.44. The molecule has 6 nitrogen and oxygen atoms in total. The zero-order valence-electron chi connectivity index (χ0n) is 20.6. The van der Waals surface area contributed by atoms with Gasteiger partial charge in [-0.2, -0.15) is 0 Å². The van der Waals surface area contributed by atoms with Gasteiger partial charge in [0, 0.05) is 18.0 Å². The molecule has 13 heteroatoms. The highest BCUT2D eigenvalue weighted by atomic mass is 35.5. The topological polar surface area (TPSA) is 87.3 Å². The molecule has 1 aliphatic carbocycles. The summed E-state index contributed by atoms with van der Waals surface area (Å²) >= 11 is 31.1. The van der Waals surface area contributed by atoms with E-state index in [1.165, 1.54) is 18.2 Å². The third-order valence-electron chi connectivity index (χ3n) is 6.20. The zero-order chi connectivity index (χ0) is 29.4. The summed E-state index contributed by atoms with van der Waals surface area (Å²) in [5.41, 5.74) is -0.368. The Hall–Kier alpha value is -2.62. The Morgan fingerprint density at radius 2 is 1.57 bits per heavy atom. The van der Waals surface area contributed by atoms with Crippen molar-refractivity contribution < 1.29 is 23.2 Å². The number of hydrogen-bond acceptors (Lipinski definition) is 3. The number of rotatable bonds is 8. The van der Waals surface area contributed by atoms with Crippen LogP contribution < -0.4 is 16.0 Å². The van der Waals surface area contributed by atoms with Crippen molar-refractivity contribution in [2.75, 3.05) is 16.0 Å². The van der Waals surface area contributed by atoms with Crippen LogP contribution in [0.25, 0.3) is 0 Å². The fourth-order valence-corrected chi connectivity index (χ4v) is 5.49. The van der Waals surface area contributed by atoms with Crippen LogP contribution in [0.4, 0.5) is 25.8 Å². The Kier molecular flexibility index (Phi) is 9.17. The van der Waals surface area contributed by atoms with Crippen molar-refractivity contribution in [2.24, 2.45) is 5.92 Å². The summed E-state index contributed by atoms with van der Waals surface area (Å²) in [4.78, 5) is 37.9. The molecule has 4 rings (SSSR count). The second-order valence-corrected chi connectivity index (χ2v) is 11.7. The summed E-state index contributed by atoms with van der Waals surface area (Å²) < 4.78 is 27.7. The SMILES string of the molecule is CCCC(=O)Nc1c(F)ccc(NC(=O)c2cc(NC(=O)C3[C@H](c4ccc(Cl)c(Cl)c4)C3(Cl)Cl)ccc2Cl)c1F. The molecule has 0 aromatic heterocycles. The normalized spacial score (nSPS) is 17.2. The Morgan fingerprint density at radius 1 is 0.875 bits per heavy atom. The van der Waals surface area contributed by atoms with Crippen molar-refractivity contribution in [3.63, 3.8) is 0 Å². The lowest BCUT2D eigenvalue weighted by atomic mass is 10.1. The maximum atomic E-state index is 15.0. The van der Waals surface area contributed by atoms with Gasteiger partial charge in [-0.1, -0.05) is 47.8 Å². The van der Waals surface area contributed by atoms with Crippen LogP contribution in [-0.4, -0.2) is 22.1 Å². The lowest BCUT2D eigenvalue weighted by molar-refractivity contribution is -0.117. The number of carbonyl (C=O) groups is 3. The molecule has 1 saturated carbocycles. The van der Waals surface area contributed by atoms with Crippen LogP contribution in [0.5, 0.6) is 0 Å². The number of halogens is 7. The molecule has 0 saturated heterocycles. The van der Waals surface area contributed by atoms with Crippen LogP contribution >= 0.6 is 58.0 Å². The second kappa shape index (κ2) is 12.1. The number of alkyl halides is 2. The van der Waals surface area contributed by atoms with Crippen LogP contribution in [-0.2, 0) is 9.59 Å². The van der Waals surface area contributed by atoms with Crippen molar-refractivity contribution in [3.8, 4) is 0 Å². The van der Waals surface area contributed by atoms with E-state index in [1.54, 1.807) is 25.1 Å². The summed E-state index contributed by atoms with van der Waals surface area (Å²) in [5, 5.41) is 7.77. The molecule has 3 amide bonds. The number of anilines is 3. The van der Waals surface area contributed by atoms with Gasteiger partial charge in [0.15, 0.2) is 5.82 Å². The van der Waals surface area contributed by atoms with Gasteiger partial charge in [-0.25, -0.2) is 8.78 Å². The molecule has 0 spiro atoms. The van der Waals surface area contributed by atoms with Crippen LogP contribution in [0.1, 0.15) is 41.6 Å². The van der Waals surface area contributed by atoms with Crippen molar-refractivity contribution >= 4 is 92.8 Å². The molecule has 0 heterocycles. The Balaban J connectivity index is 1.51. The summed E-state index contributed by atoms with van der Waals surface area (Å²) in [6.45, 7) is 1.74. The first-order chi connectivity index (χ1) is 18.8. The zero-order valence-corrected chi connectivity index (χ0v) is 24.3. The van der Waals surface area contributed by atoms with Gasteiger partial charge in [-0.3, -0.25) is 14.4 Å². The number of carbonyl (C=O) groups excluding carboxylic acids is 3. The van der Waals surface area contributed by atoms with Gasteiger partial charge in [0.2, 0.25) is 11.8 Å². The molecule has 0 bridgehead atoms. The minimum Gasteiger partial charge on any atom is -0.326 e. The lowest BCUT2D eigenvalue weighted by Gasteiger charge is -2.13. The lowest BCUT2D eigenvalue weighted by Crippen LogP contribution is -2.19. The fraction of sp³-hybridized carbons (Fsp3) is 0.222. The van der Waals surface area contributed by atoms with E-state index in [0.29, 0.717) is 17.0 Å². The third kappa shape index (κ3) is 6.31. The van der Waals surface area contributed by atoms with Crippen LogP contribution in [0.3, 0.4) is 0 Å². The summed E-state index contributed by atoms with van der Waals surface area (Å²) in [5.74, 6) is -5.51. The van der Waals surface area contributed by atoms with Crippen LogP contribution in [0, 0.1) is 17.6 Å². The maximum absolute atomic E-state index is 15.0. The monoisotopic (exact) mass is 647 g/mol. The van der Waals surface area contributed by atoms with Gasteiger partial charge in [0.25, 0.3) is 5.91 Å². The van der Waals surface area contributed by atoms with Crippen molar-refractivity contribution in [3.05, 3.63) is 86.4 Å². The summed E-state index contributed by atoms with van der Waals surface area (Å²) in [6, 6.07) is 10.8. The quantitative estimate of drug-likeness (QED) is 0.214. The molecule has 2 atom stereocenters. The van der Waals surface area contributed by atoms with E-state index in [9.17, 15) is 23.2 Å². The number of benzene rings is 3. The molecule has 1 unspecified atom stereocenters. The average molecular weight is 650 g/mol. The largest absolute Gasteiger partial charge is 0.326 e. The first kappa shape index (κ1) is 30.3. The molecule has 1 fully saturated rings. The summed E-state index contributed by atoms with van der Waals surface area (Å²) in [6.07, 6.45) is 0.539. The third-order valence-corrected chi connectivity index (χ3v) is 8.21. The van der Waals surface area contributed by atoms with Crippen molar-refractivity contribution in [1.29, 1.82) is 0 Å². The van der Waals surface area contributed by atoms with Gasteiger partial charge in [0.1, 0.15) is 15.8 Å². The molecule has 3 N–H and O–H groups in total. The highest BCUT2D eigenvalue weighted by molar-refractivity contribution is 6.53. The van der Waals surface area contributed by atoms with Gasteiger partial charge in [-0.05, 0) is 54.4 Å². The molecule has 3 aromatic rings. The smallest absolute Gasteiger partial charge is 0.257 e. The predicted molar refractivity (Wildman–Crippen MR) is 155 cm³/mol. The van der Waals surface area contributed by atoms with E-state index in [4.69, 9.17) is 58.0 Å². The van der Waals surface area contributed by atoms with Crippen molar-refractivity contribution in [1.82, 2.24) is 0 Å². The minimum atomic E-state index is -1.40. The average Bonchev–Trinajstić information content (AvgIpc) is 3.48. The Morgan fingerprint density at radius 3 is 2.25 bits per heavy atom. The van der Waals surface area contributed by atoms with E-state index in [0.717, 1.165) is 12.1 Å². The van der Waals surface area contributed by atoms with E-state index in [2.05, 4.69) is 16.0 Å². The molecule has 40 heavy (non-hydrogen) atoms. The first-order valence-corrected chi connectivity index (χ1v) is 13.8. The van der Waals surface area contributed by atoms with E-state index >= 15 is 0 Å². The summed E-state index contributed by atoms with van der Waals surface area (Å²) in [7, 11) is 0. The van der Waals surface area contributed by atoms with Gasteiger partial charge < -0.3 is 16.0 Å². The number of nitrogens with one attached hydrogen (secondary N) is 3. The van der Waals surface area contributed by atoms with Gasteiger partial charge in [0.05, 0.1) is 32.2 Å². The fourth-order valence-electron chi connectivity index (χ4n) is 4.15. The van der Waals surface area contributed by atoms with Crippen molar-refractivity contribution in [2.45, 2.75) is 30.0 Å². The van der Waals surface area contributed by atoms with E-state index in [1.807, 2.05) is 0 Å². The highest BCUT2D eigenvalue weighted by Crippen LogP contribution is 2.65. The van der Waals surface area contributed by atoms with Gasteiger partial charge in [-0.15, -0.1) is 23.2 Å². The molecule has 210 valence electrons. The molecule has 0 radical (unpaired) electrons. The second-order valence-electron chi connectivity index (χ2n) is 9.02. The molecule has 1 aliphatic rings. The number of amides is 3. The van der Waals surface area contributed by atoms with E-state index in [-0.39, 0.29) is 33.4 Å². The first-order valence-electron chi connectivity index (χ1n) is 11.9. The highest BCUT2D eigenvalue weighted by Gasteiger charge is 2.67. The Bertz CT molecular complexity index is 1520.